The molecule has 0 aliphatic rings. The fourth-order valence-corrected chi connectivity index (χ4v) is 2.44. The van der Waals surface area contributed by atoms with Gasteiger partial charge in [-0.25, -0.2) is 0 Å². The lowest BCUT2D eigenvalue weighted by Crippen LogP contribution is -2.20. The van der Waals surface area contributed by atoms with E-state index in [-0.39, 0.29) is 5.92 Å². The first-order chi connectivity index (χ1) is 10.2. The van der Waals surface area contributed by atoms with Gasteiger partial charge in [0.1, 0.15) is 5.75 Å². The van der Waals surface area contributed by atoms with Crippen LogP contribution in [0.1, 0.15) is 30.1 Å². The Balaban J connectivity index is 2.19. The number of nitrogens with two attached hydrogens (primary N) is 1. The van der Waals surface area contributed by atoms with Crippen LogP contribution in [0.2, 0.25) is 5.02 Å². The van der Waals surface area contributed by atoms with E-state index in [1.165, 1.54) is 0 Å². The van der Waals surface area contributed by atoms with Gasteiger partial charge in [0.05, 0.1) is 12.7 Å². The Morgan fingerprint density at radius 1 is 1.05 bits per heavy atom. The summed E-state index contributed by atoms with van der Waals surface area (Å²) in [5.41, 5.74) is 7.65. The minimum Gasteiger partial charge on any atom is -0.494 e. The smallest absolute Gasteiger partial charge is 0.119 e. The van der Waals surface area contributed by atoms with E-state index in [0.29, 0.717) is 18.2 Å². The zero-order valence-corrected chi connectivity index (χ0v) is 12.8. The lowest BCUT2D eigenvalue weighted by molar-refractivity contribution is 0.147. The molecule has 2 aromatic carbocycles. The van der Waals surface area contributed by atoms with Crippen molar-refractivity contribution in [2.75, 3.05) is 13.2 Å². The van der Waals surface area contributed by atoms with Gasteiger partial charge >= 0.3 is 0 Å². The molecule has 2 atom stereocenters. The Morgan fingerprint density at radius 2 is 1.62 bits per heavy atom. The molecule has 2 unspecified atom stereocenters. The lowest BCUT2D eigenvalue weighted by Gasteiger charge is -2.22. The maximum absolute atomic E-state index is 10.5. The number of halogens is 1. The minimum absolute atomic E-state index is 0.165. The van der Waals surface area contributed by atoms with Crippen molar-refractivity contribution >= 4 is 11.6 Å². The molecule has 112 valence electrons. The molecule has 21 heavy (non-hydrogen) atoms. The Hall–Kier alpha value is -1.55. The van der Waals surface area contributed by atoms with Gasteiger partial charge in [-0.15, -0.1) is 0 Å². The van der Waals surface area contributed by atoms with E-state index >= 15 is 0 Å². The number of aliphatic hydroxyl groups is 1. The number of hydrogen-bond donors (Lipinski definition) is 2. The van der Waals surface area contributed by atoms with Crippen molar-refractivity contribution in [1.82, 2.24) is 0 Å². The molecule has 0 heterocycles. The van der Waals surface area contributed by atoms with Crippen LogP contribution in [-0.2, 0) is 0 Å². The molecule has 0 saturated carbocycles. The summed E-state index contributed by atoms with van der Waals surface area (Å²) in [7, 11) is 0. The predicted molar refractivity (Wildman–Crippen MR) is 85.8 cm³/mol. The Bertz CT molecular complexity index is 554. The topological polar surface area (TPSA) is 55.5 Å². The van der Waals surface area contributed by atoms with Crippen LogP contribution in [0.25, 0.3) is 0 Å². The SMILES string of the molecule is CCOc1ccc(C(CN)C(O)c2ccc(Cl)cc2)cc1. The first-order valence-electron chi connectivity index (χ1n) is 7.02. The monoisotopic (exact) mass is 305 g/mol. The highest BCUT2D eigenvalue weighted by molar-refractivity contribution is 6.30. The molecule has 0 saturated heterocycles. The first-order valence-corrected chi connectivity index (χ1v) is 7.39. The third kappa shape index (κ3) is 3.97. The normalized spacial score (nSPS) is 13.7. The molecule has 3 N–H and O–H groups in total. The second kappa shape index (κ2) is 7.46. The van der Waals surface area contributed by atoms with Crippen molar-refractivity contribution < 1.29 is 9.84 Å². The number of hydrogen-bond acceptors (Lipinski definition) is 3. The molecular formula is C17H20ClNO2. The molecule has 4 heteroatoms. The summed E-state index contributed by atoms with van der Waals surface area (Å²) in [6.45, 7) is 2.94. The van der Waals surface area contributed by atoms with Crippen molar-refractivity contribution in [3.8, 4) is 5.75 Å². The van der Waals surface area contributed by atoms with Crippen LogP contribution in [0.4, 0.5) is 0 Å². The van der Waals surface area contributed by atoms with E-state index in [0.717, 1.165) is 16.9 Å². The van der Waals surface area contributed by atoms with Crippen molar-refractivity contribution in [2.45, 2.75) is 18.9 Å². The van der Waals surface area contributed by atoms with Gasteiger partial charge in [0, 0.05) is 17.5 Å². The summed E-state index contributed by atoms with van der Waals surface area (Å²) in [6, 6.07) is 14.9. The summed E-state index contributed by atoms with van der Waals surface area (Å²) >= 11 is 5.87. The number of benzene rings is 2. The van der Waals surface area contributed by atoms with Gasteiger partial charge in [0.2, 0.25) is 0 Å². The molecule has 0 aromatic heterocycles. The third-order valence-corrected chi connectivity index (χ3v) is 3.72. The summed E-state index contributed by atoms with van der Waals surface area (Å²) in [5.74, 6) is 0.653. The van der Waals surface area contributed by atoms with Gasteiger partial charge in [0.25, 0.3) is 0 Å². The molecule has 0 bridgehead atoms. The highest BCUT2D eigenvalue weighted by Crippen LogP contribution is 2.31. The van der Waals surface area contributed by atoms with Crippen LogP contribution in [-0.4, -0.2) is 18.3 Å². The molecule has 2 aromatic rings. The quantitative estimate of drug-likeness (QED) is 0.858. The average Bonchev–Trinajstić information content (AvgIpc) is 2.50. The van der Waals surface area contributed by atoms with E-state index in [1.54, 1.807) is 12.1 Å². The zero-order chi connectivity index (χ0) is 15.2. The lowest BCUT2D eigenvalue weighted by atomic mass is 9.89. The standard InChI is InChI=1S/C17H20ClNO2/c1-2-21-15-9-5-12(6-10-15)16(11-19)17(20)13-3-7-14(18)8-4-13/h3-10,16-17,20H,2,11,19H2,1H3. The highest BCUT2D eigenvalue weighted by Gasteiger charge is 2.21. The maximum Gasteiger partial charge on any atom is 0.119 e. The van der Waals surface area contributed by atoms with Crippen LogP contribution in [0.3, 0.4) is 0 Å². The fourth-order valence-electron chi connectivity index (χ4n) is 2.32. The van der Waals surface area contributed by atoms with Gasteiger partial charge in [-0.05, 0) is 42.3 Å². The molecule has 2 rings (SSSR count). The summed E-state index contributed by atoms with van der Waals surface area (Å²) < 4.78 is 5.42. The van der Waals surface area contributed by atoms with Gasteiger partial charge in [-0.3, -0.25) is 0 Å². The van der Waals surface area contributed by atoms with Crippen molar-refractivity contribution in [3.05, 3.63) is 64.7 Å². The van der Waals surface area contributed by atoms with Crippen LogP contribution in [0.15, 0.2) is 48.5 Å². The number of rotatable bonds is 6. The van der Waals surface area contributed by atoms with Gasteiger partial charge in [-0.1, -0.05) is 35.9 Å². The largest absolute Gasteiger partial charge is 0.494 e. The third-order valence-electron chi connectivity index (χ3n) is 3.47. The average molecular weight is 306 g/mol. The highest BCUT2D eigenvalue weighted by atomic mass is 35.5. The molecule has 3 nitrogen and oxygen atoms in total. The Labute approximate surface area is 130 Å². The molecule has 0 aliphatic heterocycles. The van der Waals surface area contributed by atoms with E-state index in [4.69, 9.17) is 22.1 Å². The number of aliphatic hydroxyl groups excluding tert-OH is 1. The first kappa shape index (κ1) is 15.8. The number of ether oxygens (including phenoxy) is 1. The van der Waals surface area contributed by atoms with Gasteiger partial charge in [0.15, 0.2) is 0 Å². The van der Waals surface area contributed by atoms with Crippen molar-refractivity contribution in [1.29, 1.82) is 0 Å². The second-order valence-corrected chi connectivity index (χ2v) is 5.28. The van der Waals surface area contributed by atoms with Crippen molar-refractivity contribution in [2.24, 2.45) is 5.73 Å². The summed E-state index contributed by atoms with van der Waals surface area (Å²) in [6.07, 6.45) is -0.662. The maximum atomic E-state index is 10.5. The summed E-state index contributed by atoms with van der Waals surface area (Å²) in [4.78, 5) is 0. The van der Waals surface area contributed by atoms with Gasteiger partial charge in [-0.2, -0.15) is 0 Å². The Morgan fingerprint density at radius 3 is 2.14 bits per heavy atom. The van der Waals surface area contributed by atoms with E-state index in [1.807, 2.05) is 43.3 Å². The van der Waals surface area contributed by atoms with Crippen molar-refractivity contribution in [3.63, 3.8) is 0 Å². The molecule has 0 amide bonds. The molecule has 0 radical (unpaired) electrons. The minimum atomic E-state index is -0.662. The Kier molecular flexibility index (Phi) is 5.62. The van der Waals surface area contributed by atoms with E-state index < -0.39 is 6.10 Å². The second-order valence-electron chi connectivity index (χ2n) is 4.84. The fraction of sp³-hybridized carbons (Fsp3) is 0.294. The van der Waals surface area contributed by atoms with E-state index in [9.17, 15) is 5.11 Å². The predicted octanol–water partition coefficient (Wildman–Crippen LogP) is 3.51. The van der Waals surface area contributed by atoms with Gasteiger partial charge < -0.3 is 15.6 Å². The molecular weight excluding hydrogens is 286 g/mol. The summed E-state index contributed by atoms with van der Waals surface area (Å²) in [5, 5.41) is 11.2. The van der Waals surface area contributed by atoms with Crippen LogP contribution < -0.4 is 10.5 Å². The van der Waals surface area contributed by atoms with Crippen LogP contribution in [0.5, 0.6) is 5.75 Å². The van der Waals surface area contributed by atoms with E-state index in [2.05, 4.69) is 0 Å². The molecule has 0 spiro atoms. The van der Waals surface area contributed by atoms with Crippen LogP contribution >= 0.6 is 11.6 Å². The zero-order valence-electron chi connectivity index (χ0n) is 12.0. The molecule has 0 aliphatic carbocycles. The van der Waals surface area contributed by atoms with Crippen LogP contribution in [0, 0.1) is 0 Å². The molecule has 0 fully saturated rings.